The SMILES string of the molecule is O=c1/c(=C/c2ccc(-c3cccc(Cl)c3)o2)sc2nc(C3COc4ccccc4O3)nn12. The fourth-order valence-corrected chi connectivity index (χ4v) is 4.57. The highest BCUT2D eigenvalue weighted by Gasteiger charge is 2.27. The Labute approximate surface area is 190 Å². The number of fused-ring (bicyclic) bond motifs is 2. The molecule has 0 saturated carbocycles. The van der Waals surface area contributed by atoms with Gasteiger partial charge in [0.05, 0.1) is 0 Å². The van der Waals surface area contributed by atoms with Gasteiger partial charge >= 0.3 is 0 Å². The summed E-state index contributed by atoms with van der Waals surface area (Å²) in [7, 11) is 0. The Morgan fingerprint density at radius 2 is 1.97 bits per heavy atom. The second-order valence-electron chi connectivity index (χ2n) is 7.16. The van der Waals surface area contributed by atoms with E-state index in [1.54, 1.807) is 12.1 Å². The monoisotopic (exact) mass is 463 g/mol. The number of rotatable bonds is 3. The summed E-state index contributed by atoms with van der Waals surface area (Å²) in [6, 6.07) is 18.5. The molecule has 5 aromatic rings. The zero-order valence-electron chi connectivity index (χ0n) is 16.4. The predicted octanol–water partition coefficient (Wildman–Crippen LogP) is 4.12. The van der Waals surface area contributed by atoms with Gasteiger partial charge in [0, 0.05) is 16.7 Å². The molecule has 0 spiro atoms. The summed E-state index contributed by atoms with van der Waals surface area (Å²) in [4.78, 5) is 17.8. The lowest BCUT2D eigenvalue weighted by atomic mass is 10.2. The van der Waals surface area contributed by atoms with Crippen molar-refractivity contribution in [2.75, 3.05) is 6.61 Å². The van der Waals surface area contributed by atoms with Crippen LogP contribution in [0, 0.1) is 0 Å². The highest BCUT2D eigenvalue weighted by Crippen LogP contribution is 2.35. The zero-order chi connectivity index (χ0) is 21.7. The molecule has 0 radical (unpaired) electrons. The number of furan rings is 1. The number of para-hydroxylation sites is 2. The van der Waals surface area contributed by atoms with Crippen molar-refractivity contribution in [2.45, 2.75) is 6.10 Å². The van der Waals surface area contributed by atoms with E-state index in [1.165, 1.54) is 15.9 Å². The van der Waals surface area contributed by atoms with E-state index in [0.29, 0.717) is 43.4 Å². The Kier molecular flexibility index (Phi) is 4.48. The van der Waals surface area contributed by atoms with Crippen molar-refractivity contribution in [3.8, 4) is 22.8 Å². The van der Waals surface area contributed by atoms with Crippen LogP contribution in [0.3, 0.4) is 0 Å². The maximum atomic E-state index is 12.9. The van der Waals surface area contributed by atoms with E-state index in [0.717, 1.165) is 5.56 Å². The minimum absolute atomic E-state index is 0.262. The fourth-order valence-electron chi connectivity index (χ4n) is 3.49. The molecule has 9 heteroatoms. The van der Waals surface area contributed by atoms with Crippen LogP contribution in [0.1, 0.15) is 17.7 Å². The largest absolute Gasteiger partial charge is 0.485 e. The maximum absolute atomic E-state index is 12.9. The smallest absolute Gasteiger partial charge is 0.291 e. The van der Waals surface area contributed by atoms with Crippen molar-refractivity contribution in [3.63, 3.8) is 0 Å². The molecule has 7 nitrogen and oxygen atoms in total. The van der Waals surface area contributed by atoms with Crippen LogP contribution >= 0.6 is 22.9 Å². The molecule has 3 aromatic heterocycles. The predicted molar refractivity (Wildman–Crippen MR) is 120 cm³/mol. The second-order valence-corrected chi connectivity index (χ2v) is 8.60. The number of hydrogen-bond donors (Lipinski definition) is 0. The minimum atomic E-state index is -0.478. The summed E-state index contributed by atoms with van der Waals surface area (Å²) in [5, 5.41) is 5.00. The van der Waals surface area contributed by atoms with Crippen molar-refractivity contribution in [1.29, 1.82) is 0 Å². The first-order valence-corrected chi connectivity index (χ1v) is 11.0. The van der Waals surface area contributed by atoms with Gasteiger partial charge in [0.15, 0.2) is 23.4 Å². The van der Waals surface area contributed by atoms with Gasteiger partial charge in [-0.1, -0.05) is 47.2 Å². The molecule has 0 bridgehead atoms. The molecule has 0 N–H and O–H groups in total. The van der Waals surface area contributed by atoms with E-state index in [1.807, 2.05) is 54.6 Å². The van der Waals surface area contributed by atoms with Crippen molar-refractivity contribution >= 4 is 34.0 Å². The summed E-state index contributed by atoms with van der Waals surface area (Å²) < 4.78 is 19.3. The average Bonchev–Trinajstić information content (AvgIpc) is 3.51. The molecule has 1 atom stereocenters. The molecular weight excluding hydrogens is 450 g/mol. The van der Waals surface area contributed by atoms with Crippen LogP contribution < -0.4 is 19.6 Å². The fraction of sp³-hybridized carbons (Fsp3) is 0.0870. The molecule has 0 aliphatic carbocycles. The molecule has 0 amide bonds. The second kappa shape index (κ2) is 7.51. The van der Waals surface area contributed by atoms with E-state index in [9.17, 15) is 4.79 Å². The van der Waals surface area contributed by atoms with Crippen LogP contribution in [0.5, 0.6) is 11.5 Å². The summed E-state index contributed by atoms with van der Waals surface area (Å²) >= 11 is 7.30. The third-order valence-electron chi connectivity index (χ3n) is 5.00. The maximum Gasteiger partial charge on any atom is 0.291 e. The third-order valence-corrected chi connectivity index (χ3v) is 6.20. The quantitative estimate of drug-likeness (QED) is 0.400. The topological polar surface area (TPSA) is 78.9 Å². The van der Waals surface area contributed by atoms with Gasteiger partial charge in [0.25, 0.3) is 5.56 Å². The van der Waals surface area contributed by atoms with Crippen LogP contribution in [-0.4, -0.2) is 21.2 Å². The summed E-state index contributed by atoms with van der Waals surface area (Å²) in [5.74, 6) is 2.95. The molecule has 1 aliphatic heterocycles. The summed E-state index contributed by atoms with van der Waals surface area (Å²) in [6.45, 7) is 0.278. The van der Waals surface area contributed by atoms with Gasteiger partial charge in [-0.2, -0.15) is 9.50 Å². The molecule has 158 valence electrons. The van der Waals surface area contributed by atoms with Gasteiger partial charge < -0.3 is 13.9 Å². The molecule has 0 saturated heterocycles. The number of hydrogen-bond acceptors (Lipinski definition) is 7. The van der Waals surface area contributed by atoms with Gasteiger partial charge in [-0.15, -0.1) is 5.10 Å². The van der Waals surface area contributed by atoms with E-state index in [2.05, 4.69) is 10.1 Å². The van der Waals surface area contributed by atoms with Crippen LogP contribution in [0.4, 0.5) is 0 Å². The number of thiazole rings is 1. The van der Waals surface area contributed by atoms with E-state index < -0.39 is 6.10 Å². The normalized spacial score (nSPS) is 16.0. The highest BCUT2D eigenvalue weighted by atomic mass is 35.5. The number of benzene rings is 2. The summed E-state index contributed by atoms with van der Waals surface area (Å²) in [5.41, 5.74) is 0.602. The Bertz CT molecular complexity index is 1570. The first kappa shape index (κ1) is 19.1. The third kappa shape index (κ3) is 3.34. The molecule has 0 fully saturated rings. The molecular formula is C23H14ClN3O4S. The first-order chi connectivity index (χ1) is 15.6. The number of halogens is 1. The van der Waals surface area contributed by atoms with E-state index in [-0.39, 0.29) is 12.2 Å². The standard InChI is InChI=1S/C23H14ClN3O4S/c24-14-5-3-4-13(10-14)16-9-8-15(30-16)11-20-22(28)27-23(32-20)25-21(26-27)19-12-29-17-6-1-2-7-18(17)31-19/h1-11,19H,12H2/b20-11-. The molecule has 1 aliphatic rings. The van der Waals surface area contributed by atoms with Gasteiger partial charge in [-0.25, -0.2) is 0 Å². The Balaban J connectivity index is 1.30. The highest BCUT2D eigenvalue weighted by molar-refractivity contribution is 7.15. The summed E-state index contributed by atoms with van der Waals surface area (Å²) in [6.07, 6.45) is 1.21. The van der Waals surface area contributed by atoms with Gasteiger partial charge in [0.2, 0.25) is 4.96 Å². The van der Waals surface area contributed by atoms with Crippen LogP contribution in [-0.2, 0) is 0 Å². The Hall–Kier alpha value is -3.62. The lowest BCUT2D eigenvalue weighted by Gasteiger charge is -2.24. The zero-order valence-corrected chi connectivity index (χ0v) is 18.0. The van der Waals surface area contributed by atoms with Crippen LogP contribution in [0.2, 0.25) is 5.02 Å². The van der Waals surface area contributed by atoms with Crippen LogP contribution in [0.25, 0.3) is 22.4 Å². The lowest BCUT2D eigenvalue weighted by molar-refractivity contribution is 0.0852. The van der Waals surface area contributed by atoms with Gasteiger partial charge in [-0.3, -0.25) is 4.79 Å². The van der Waals surface area contributed by atoms with Crippen molar-refractivity contribution in [1.82, 2.24) is 14.6 Å². The van der Waals surface area contributed by atoms with Gasteiger partial charge in [-0.05, 0) is 36.4 Å². The first-order valence-electron chi connectivity index (χ1n) is 9.79. The minimum Gasteiger partial charge on any atom is -0.485 e. The molecule has 32 heavy (non-hydrogen) atoms. The van der Waals surface area contributed by atoms with Crippen molar-refractivity contribution < 1.29 is 13.9 Å². The van der Waals surface area contributed by atoms with E-state index in [4.69, 9.17) is 25.5 Å². The Morgan fingerprint density at radius 3 is 2.81 bits per heavy atom. The molecule has 4 heterocycles. The number of ether oxygens (including phenoxy) is 2. The number of aromatic nitrogens is 3. The van der Waals surface area contributed by atoms with Crippen LogP contribution in [0.15, 0.2) is 69.9 Å². The molecule has 6 rings (SSSR count). The van der Waals surface area contributed by atoms with Gasteiger partial charge in [0.1, 0.15) is 22.7 Å². The number of nitrogens with zero attached hydrogens (tertiary/aromatic N) is 3. The van der Waals surface area contributed by atoms with Crippen molar-refractivity contribution in [3.05, 3.63) is 92.2 Å². The average molecular weight is 464 g/mol. The Morgan fingerprint density at radius 1 is 1.09 bits per heavy atom. The van der Waals surface area contributed by atoms with E-state index >= 15 is 0 Å². The molecule has 2 aromatic carbocycles. The molecule has 1 unspecified atom stereocenters. The lowest BCUT2D eigenvalue weighted by Crippen LogP contribution is -2.26. The van der Waals surface area contributed by atoms with Crippen molar-refractivity contribution in [2.24, 2.45) is 0 Å².